The first-order valence-corrected chi connectivity index (χ1v) is 12.7. The first-order valence-electron chi connectivity index (χ1n) is 10.4. The van der Waals surface area contributed by atoms with Crippen molar-refractivity contribution in [2.45, 2.75) is 43.5 Å². The molecule has 3 aromatic rings. The summed E-state index contributed by atoms with van der Waals surface area (Å²) >= 11 is 5.98. The van der Waals surface area contributed by atoms with Crippen LogP contribution in [0.1, 0.15) is 53.8 Å². The molecule has 1 unspecified atom stereocenters. The summed E-state index contributed by atoms with van der Waals surface area (Å²) in [5, 5.41) is 0.805. The SMILES string of the molecule is CCOC(=O)CC1CCCc2c(C(=O)c3ccc(Cl)cc3)c3c(S(C)(=O)=O)ccnc3n21. The van der Waals surface area contributed by atoms with Crippen molar-refractivity contribution in [3.63, 3.8) is 0 Å². The van der Waals surface area contributed by atoms with Gasteiger partial charge in [0.1, 0.15) is 5.65 Å². The highest BCUT2D eigenvalue weighted by Crippen LogP contribution is 2.40. The molecule has 0 bridgehead atoms. The van der Waals surface area contributed by atoms with E-state index in [0.717, 1.165) is 12.7 Å². The van der Waals surface area contributed by atoms with E-state index in [0.29, 0.717) is 45.7 Å². The van der Waals surface area contributed by atoms with E-state index in [1.165, 1.54) is 12.3 Å². The number of carbonyl (C=O) groups is 2. The summed E-state index contributed by atoms with van der Waals surface area (Å²) < 4.78 is 32.2. The maximum absolute atomic E-state index is 13.6. The van der Waals surface area contributed by atoms with E-state index in [1.807, 2.05) is 4.57 Å². The van der Waals surface area contributed by atoms with Gasteiger partial charge < -0.3 is 9.30 Å². The molecule has 0 N–H and O–H groups in total. The van der Waals surface area contributed by atoms with Gasteiger partial charge in [-0.2, -0.15) is 0 Å². The predicted octanol–water partition coefficient (Wildman–Crippen LogP) is 4.15. The van der Waals surface area contributed by atoms with Crippen molar-refractivity contribution in [1.82, 2.24) is 9.55 Å². The topological polar surface area (TPSA) is 95.3 Å². The molecule has 0 spiro atoms. The Bertz CT molecular complexity index is 1310. The van der Waals surface area contributed by atoms with E-state index in [1.54, 1.807) is 31.2 Å². The third-order valence-corrected chi connectivity index (χ3v) is 7.10. The number of aromatic nitrogens is 2. The molecule has 0 amide bonds. The highest BCUT2D eigenvalue weighted by Gasteiger charge is 2.34. The first kappa shape index (κ1) is 22.5. The molecule has 0 saturated heterocycles. The highest BCUT2D eigenvalue weighted by atomic mass is 35.5. The molecule has 1 aliphatic heterocycles. The number of benzene rings is 1. The van der Waals surface area contributed by atoms with Crippen LogP contribution >= 0.6 is 11.6 Å². The van der Waals surface area contributed by atoms with Crippen molar-refractivity contribution in [3.8, 4) is 0 Å². The monoisotopic (exact) mass is 474 g/mol. The Hall–Kier alpha value is -2.71. The molecule has 32 heavy (non-hydrogen) atoms. The van der Waals surface area contributed by atoms with Gasteiger partial charge in [0.15, 0.2) is 15.6 Å². The molecular weight excluding hydrogens is 452 g/mol. The number of rotatable bonds is 6. The van der Waals surface area contributed by atoms with Gasteiger partial charge in [-0.3, -0.25) is 9.59 Å². The van der Waals surface area contributed by atoms with Crippen LogP contribution in [-0.2, 0) is 25.8 Å². The lowest BCUT2D eigenvalue weighted by Gasteiger charge is -2.26. The summed E-state index contributed by atoms with van der Waals surface area (Å²) in [5.41, 5.74) is 1.82. The number of sulfone groups is 1. The molecule has 4 rings (SSSR count). The number of fused-ring (bicyclic) bond motifs is 3. The number of nitrogens with zero attached hydrogens (tertiary/aromatic N) is 2. The highest BCUT2D eigenvalue weighted by molar-refractivity contribution is 7.91. The van der Waals surface area contributed by atoms with Crippen LogP contribution in [0.4, 0.5) is 0 Å². The Morgan fingerprint density at radius 3 is 2.59 bits per heavy atom. The van der Waals surface area contributed by atoms with Gasteiger partial charge in [-0.15, -0.1) is 0 Å². The number of hydrogen-bond donors (Lipinski definition) is 0. The van der Waals surface area contributed by atoms with Crippen LogP contribution in [0.5, 0.6) is 0 Å². The third-order valence-electron chi connectivity index (χ3n) is 5.71. The third kappa shape index (κ3) is 4.04. The molecule has 7 nitrogen and oxygen atoms in total. The van der Waals surface area contributed by atoms with Crippen molar-refractivity contribution in [1.29, 1.82) is 0 Å². The van der Waals surface area contributed by atoms with Crippen LogP contribution in [0, 0.1) is 0 Å². The average molecular weight is 475 g/mol. The largest absolute Gasteiger partial charge is 0.466 e. The number of ether oxygens (including phenoxy) is 1. The molecule has 9 heteroatoms. The van der Waals surface area contributed by atoms with Gasteiger partial charge in [-0.1, -0.05) is 11.6 Å². The van der Waals surface area contributed by atoms with E-state index >= 15 is 0 Å². The maximum atomic E-state index is 13.6. The number of esters is 1. The molecule has 1 atom stereocenters. The summed E-state index contributed by atoms with van der Waals surface area (Å²) in [6.45, 7) is 2.03. The maximum Gasteiger partial charge on any atom is 0.307 e. The standard InChI is InChI=1S/C23H23ClN2O5S/c1-3-31-19(27)13-16-5-4-6-17-20(22(28)14-7-9-15(24)10-8-14)21-18(32(2,29)30)11-12-25-23(21)26(16)17/h7-12,16H,3-6,13H2,1-2H3. The fourth-order valence-electron chi connectivity index (χ4n) is 4.42. The van der Waals surface area contributed by atoms with Crippen molar-refractivity contribution < 1.29 is 22.7 Å². The van der Waals surface area contributed by atoms with Crippen molar-refractivity contribution in [3.05, 3.63) is 58.4 Å². The molecule has 1 aliphatic rings. The zero-order chi connectivity index (χ0) is 23.0. The minimum atomic E-state index is -3.64. The van der Waals surface area contributed by atoms with Crippen LogP contribution in [0.2, 0.25) is 5.02 Å². The van der Waals surface area contributed by atoms with Gasteiger partial charge in [0, 0.05) is 40.2 Å². The molecule has 0 fully saturated rings. The summed E-state index contributed by atoms with van der Waals surface area (Å²) in [5.74, 6) is -0.632. The number of hydrogen-bond acceptors (Lipinski definition) is 6. The van der Waals surface area contributed by atoms with E-state index in [2.05, 4.69) is 4.98 Å². The van der Waals surface area contributed by atoms with Gasteiger partial charge in [0.25, 0.3) is 0 Å². The minimum absolute atomic E-state index is 0.0524. The number of halogens is 1. The van der Waals surface area contributed by atoms with Crippen molar-refractivity contribution in [2.75, 3.05) is 12.9 Å². The molecular formula is C23H23ClN2O5S. The Balaban J connectivity index is 1.99. The van der Waals surface area contributed by atoms with Crippen LogP contribution < -0.4 is 0 Å². The van der Waals surface area contributed by atoms with E-state index < -0.39 is 9.84 Å². The van der Waals surface area contributed by atoms with Gasteiger partial charge in [-0.25, -0.2) is 13.4 Å². The second-order valence-corrected chi connectivity index (χ2v) is 10.3. The summed E-state index contributed by atoms with van der Waals surface area (Å²) in [6.07, 6.45) is 4.71. The van der Waals surface area contributed by atoms with Crippen LogP contribution in [0.25, 0.3) is 11.0 Å². The first-order chi connectivity index (χ1) is 15.2. The molecule has 168 valence electrons. The van der Waals surface area contributed by atoms with Gasteiger partial charge in [0.2, 0.25) is 0 Å². The summed E-state index contributed by atoms with van der Waals surface area (Å²) in [4.78, 5) is 30.4. The fraction of sp³-hybridized carbons (Fsp3) is 0.348. The van der Waals surface area contributed by atoms with Crippen molar-refractivity contribution in [2.24, 2.45) is 0 Å². The van der Waals surface area contributed by atoms with Crippen LogP contribution in [0.15, 0.2) is 41.4 Å². The lowest BCUT2D eigenvalue weighted by molar-refractivity contribution is -0.144. The van der Waals surface area contributed by atoms with Gasteiger partial charge in [-0.05, 0) is 56.5 Å². The van der Waals surface area contributed by atoms with E-state index in [9.17, 15) is 18.0 Å². The zero-order valence-electron chi connectivity index (χ0n) is 17.8. The lowest BCUT2D eigenvalue weighted by atomic mass is 9.95. The second kappa shape index (κ2) is 8.67. The number of pyridine rings is 1. The van der Waals surface area contributed by atoms with Crippen LogP contribution in [0.3, 0.4) is 0 Å². The molecule has 1 aromatic carbocycles. The molecule has 0 aliphatic carbocycles. The zero-order valence-corrected chi connectivity index (χ0v) is 19.4. The summed E-state index contributed by atoms with van der Waals surface area (Å²) in [7, 11) is -3.64. The summed E-state index contributed by atoms with van der Waals surface area (Å²) in [6, 6.07) is 7.64. The van der Waals surface area contributed by atoms with Crippen molar-refractivity contribution >= 4 is 44.2 Å². The van der Waals surface area contributed by atoms with Gasteiger partial charge >= 0.3 is 5.97 Å². The quantitative estimate of drug-likeness (QED) is 0.393. The molecule has 0 saturated carbocycles. The normalized spacial score (nSPS) is 16.0. The Kier molecular flexibility index (Phi) is 6.09. The van der Waals surface area contributed by atoms with E-state index in [4.69, 9.17) is 16.3 Å². The fourth-order valence-corrected chi connectivity index (χ4v) is 5.42. The Morgan fingerprint density at radius 2 is 1.94 bits per heavy atom. The Labute approximate surface area is 191 Å². The average Bonchev–Trinajstić information content (AvgIpc) is 3.08. The van der Waals surface area contributed by atoms with Crippen LogP contribution in [-0.4, -0.2) is 42.6 Å². The Morgan fingerprint density at radius 1 is 1.22 bits per heavy atom. The second-order valence-electron chi connectivity index (χ2n) is 7.86. The minimum Gasteiger partial charge on any atom is -0.466 e. The molecule has 0 radical (unpaired) electrons. The smallest absolute Gasteiger partial charge is 0.307 e. The number of ketones is 1. The number of carbonyl (C=O) groups excluding carboxylic acids is 2. The predicted molar refractivity (Wildman–Crippen MR) is 121 cm³/mol. The van der Waals surface area contributed by atoms with E-state index in [-0.39, 0.29) is 35.7 Å². The lowest BCUT2D eigenvalue weighted by Crippen LogP contribution is -2.22. The molecule has 3 heterocycles. The van der Waals surface area contributed by atoms with Gasteiger partial charge in [0.05, 0.1) is 23.5 Å². The molecule has 2 aromatic heterocycles.